The third-order valence-corrected chi connectivity index (χ3v) is 7.54. The Balaban J connectivity index is 1.63. The van der Waals surface area contributed by atoms with Gasteiger partial charge in [-0.25, -0.2) is 4.68 Å². The van der Waals surface area contributed by atoms with Crippen LogP contribution in [0, 0.1) is 0 Å². The molecule has 0 aliphatic carbocycles. The zero-order chi connectivity index (χ0) is 31.8. The lowest BCUT2D eigenvalue weighted by Gasteiger charge is -2.52. The molecule has 2 amide bonds. The first-order chi connectivity index (χ1) is 20.0. The lowest BCUT2D eigenvalue weighted by molar-refractivity contribution is -0.462. The van der Waals surface area contributed by atoms with E-state index < -0.39 is 76.6 Å². The average Bonchev–Trinajstić information content (AvgIpc) is 3.35. The van der Waals surface area contributed by atoms with E-state index in [1.165, 1.54) is 19.2 Å². The van der Waals surface area contributed by atoms with Crippen molar-refractivity contribution in [1.29, 1.82) is 0 Å². The Morgan fingerprint density at radius 2 is 1.47 bits per heavy atom. The van der Waals surface area contributed by atoms with Crippen molar-refractivity contribution in [3.8, 4) is 34.4 Å². The number of hydrogen-bond donors (Lipinski definition) is 11. The molecule has 0 spiro atoms. The number of aliphatic hydroxyl groups is 6. The molecule has 0 atom stereocenters. The molecule has 0 unspecified atom stereocenters. The second kappa shape index (κ2) is 9.59. The molecule has 2 aliphatic heterocycles. The van der Waals surface area contributed by atoms with Crippen LogP contribution in [0.15, 0.2) is 24.3 Å². The van der Waals surface area contributed by atoms with Crippen molar-refractivity contribution in [2.75, 3.05) is 30.0 Å². The molecule has 2 aromatic carbocycles. The molecule has 18 nitrogen and oxygen atoms in total. The minimum Gasteiger partial charge on any atom is -0.503 e. The van der Waals surface area contributed by atoms with E-state index in [1.54, 1.807) is 12.1 Å². The Kier molecular flexibility index (Phi) is 6.61. The number of methoxy groups -OCH3 is 1. The first-order valence-electron chi connectivity index (χ1n) is 12.5. The van der Waals surface area contributed by atoms with E-state index >= 15 is 0 Å². The highest BCUT2D eigenvalue weighted by atomic mass is 16.7. The van der Waals surface area contributed by atoms with Crippen molar-refractivity contribution in [3.63, 3.8) is 0 Å². The van der Waals surface area contributed by atoms with Crippen LogP contribution in [0.1, 0.15) is 33.0 Å². The highest BCUT2D eigenvalue weighted by molar-refractivity contribution is 6.11. The number of carbonyl (C=O) groups excluding carboxylic acids is 2. The van der Waals surface area contributed by atoms with Crippen LogP contribution in [0.25, 0.3) is 5.69 Å². The number of phenolic OH excluding ortho intramolecular Hbond substituents is 4. The van der Waals surface area contributed by atoms with Gasteiger partial charge in [0, 0.05) is 25.1 Å². The Morgan fingerprint density at radius 3 is 2.00 bits per heavy atom. The fourth-order valence-electron chi connectivity index (χ4n) is 5.19. The normalized spacial score (nSPS) is 18.8. The Labute approximate surface area is 240 Å². The van der Waals surface area contributed by atoms with Gasteiger partial charge < -0.3 is 66.4 Å². The third-order valence-electron chi connectivity index (χ3n) is 7.54. The molecule has 3 heterocycles. The summed E-state index contributed by atoms with van der Waals surface area (Å²) in [6.07, 6.45) is -1.09. The summed E-state index contributed by atoms with van der Waals surface area (Å²) in [4.78, 5) is 26.8. The van der Waals surface area contributed by atoms with E-state index in [0.29, 0.717) is 11.4 Å². The van der Waals surface area contributed by atoms with Gasteiger partial charge in [0.05, 0.1) is 12.8 Å². The van der Waals surface area contributed by atoms with Crippen LogP contribution in [-0.4, -0.2) is 110 Å². The number of primary amides is 1. The summed E-state index contributed by atoms with van der Waals surface area (Å²) in [5.41, 5.74) is 3.49. The van der Waals surface area contributed by atoms with Gasteiger partial charge in [0.25, 0.3) is 17.6 Å². The van der Waals surface area contributed by atoms with Gasteiger partial charge in [-0.15, -0.1) is 0 Å². The molecule has 1 aromatic heterocycles. The number of fused-ring (bicyclic) bond motifs is 1. The number of carbonyl (C=O) groups is 2. The molecule has 0 radical (unpaired) electrons. The maximum absolute atomic E-state index is 13.8. The predicted octanol–water partition coefficient (Wildman–Crippen LogP) is -2.78. The topological polar surface area (TPSA) is 296 Å². The van der Waals surface area contributed by atoms with Crippen LogP contribution in [0.4, 0.5) is 11.4 Å². The average molecular weight is 606 g/mol. The van der Waals surface area contributed by atoms with Crippen molar-refractivity contribution in [1.82, 2.24) is 9.78 Å². The van der Waals surface area contributed by atoms with Crippen LogP contribution in [0.5, 0.6) is 28.7 Å². The number of nitrogens with zero attached hydrogens (tertiary/aromatic N) is 4. The van der Waals surface area contributed by atoms with E-state index in [0.717, 1.165) is 9.58 Å². The highest BCUT2D eigenvalue weighted by Gasteiger charge is 2.68. The van der Waals surface area contributed by atoms with Crippen molar-refractivity contribution >= 4 is 23.2 Å². The molecule has 0 bridgehead atoms. The first-order valence-corrected chi connectivity index (χ1v) is 12.5. The van der Waals surface area contributed by atoms with E-state index in [4.69, 9.17) is 10.5 Å². The second-order valence-electron chi connectivity index (χ2n) is 9.97. The van der Waals surface area contributed by atoms with E-state index in [9.17, 15) is 60.7 Å². The van der Waals surface area contributed by atoms with Crippen LogP contribution >= 0.6 is 0 Å². The van der Waals surface area contributed by atoms with E-state index in [1.807, 2.05) is 0 Å². The Bertz CT molecular complexity index is 1620. The lowest BCUT2D eigenvalue weighted by Crippen LogP contribution is -2.78. The number of anilines is 2. The van der Waals surface area contributed by atoms with E-state index in [2.05, 4.69) is 5.10 Å². The number of benzene rings is 2. The molecule has 0 saturated carbocycles. The van der Waals surface area contributed by atoms with Crippen molar-refractivity contribution < 1.29 is 65.4 Å². The SMILES string of the molecule is COc1ccc(-n2nc(C(N)=O)c3c2C(=O)N(c2c(O)c(O)c(N4CCC(O)(O)C(O)(O)C4(O)O)c(O)c2O)CC3)cc1. The van der Waals surface area contributed by atoms with Gasteiger partial charge >= 0.3 is 5.91 Å². The maximum atomic E-state index is 13.8. The minimum atomic E-state index is -4.10. The number of hydrogen-bond acceptors (Lipinski definition) is 15. The molecule has 230 valence electrons. The summed E-state index contributed by atoms with van der Waals surface area (Å²) in [6, 6.07) is 6.15. The molecule has 5 rings (SSSR count). The van der Waals surface area contributed by atoms with Gasteiger partial charge in [0.1, 0.15) is 22.8 Å². The number of aromatic hydroxyl groups is 4. The summed E-state index contributed by atoms with van der Waals surface area (Å²) in [7, 11) is 1.44. The third kappa shape index (κ3) is 4.07. The summed E-state index contributed by atoms with van der Waals surface area (Å²) in [6.45, 7) is -1.23. The summed E-state index contributed by atoms with van der Waals surface area (Å²) < 4.78 is 6.23. The molecule has 2 aliphatic rings. The molecule has 43 heavy (non-hydrogen) atoms. The number of nitrogens with two attached hydrogens (primary N) is 1. The van der Waals surface area contributed by atoms with Gasteiger partial charge in [-0.3, -0.25) is 14.5 Å². The molecule has 18 heteroatoms. The fraction of sp³-hybridized carbons (Fsp3) is 0.320. The quantitative estimate of drug-likeness (QED) is 0.0796. The van der Waals surface area contributed by atoms with Gasteiger partial charge in [-0.05, 0) is 30.7 Å². The summed E-state index contributed by atoms with van der Waals surface area (Å²) >= 11 is 0. The largest absolute Gasteiger partial charge is 0.503 e. The van der Waals surface area contributed by atoms with Crippen molar-refractivity contribution in [3.05, 3.63) is 41.2 Å². The number of phenols is 4. The van der Waals surface area contributed by atoms with Gasteiger partial charge in [0.15, 0.2) is 28.7 Å². The van der Waals surface area contributed by atoms with Crippen molar-refractivity contribution in [2.45, 2.75) is 30.3 Å². The van der Waals surface area contributed by atoms with Gasteiger partial charge in [0.2, 0.25) is 5.79 Å². The standard InChI is InChI=1S/C25H27N5O13/c1-43-11-4-2-10(3-5-11)30-14-12(13(27-30)21(26)35)6-8-28(22(14)36)15-17(31)19(33)16(20(34)18(15)32)29-9-7-23(37,38)24(39,40)25(29,41)42/h2-5,31-34,37-42H,6-9H2,1H3,(H2,26,35). The van der Waals surface area contributed by atoms with Crippen LogP contribution in [-0.2, 0) is 6.42 Å². The number of amides is 2. The number of piperidine rings is 1. The minimum absolute atomic E-state index is 0.0829. The zero-order valence-electron chi connectivity index (χ0n) is 22.2. The predicted molar refractivity (Wildman–Crippen MR) is 141 cm³/mol. The smallest absolute Gasteiger partial charge is 0.309 e. The van der Waals surface area contributed by atoms with Crippen LogP contribution < -0.4 is 20.3 Å². The molecule has 3 aromatic rings. The van der Waals surface area contributed by atoms with Crippen LogP contribution in [0.2, 0.25) is 0 Å². The molecular formula is C25H27N5O13. The summed E-state index contributed by atoms with van der Waals surface area (Å²) in [5.74, 6) is -18.3. The number of rotatable bonds is 5. The zero-order valence-corrected chi connectivity index (χ0v) is 22.2. The van der Waals surface area contributed by atoms with Crippen molar-refractivity contribution in [2.24, 2.45) is 5.73 Å². The Hall–Kier alpha value is -4.85. The summed E-state index contributed by atoms with van der Waals surface area (Å²) in [5, 5.41) is 108. The maximum Gasteiger partial charge on any atom is 0.309 e. The highest BCUT2D eigenvalue weighted by Crippen LogP contribution is 2.58. The Morgan fingerprint density at radius 1 is 0.907 bits per heavy atom. The number of ether oxygens (including phenoxy) is 1. The van der Waals surface area contributed by atoms with Crippen LogP contribution in [0.3, 0.4) is 0 Å². The molecular weight excluding hydrogens is 578 g/mol. The molecule has 1 fully saturated rings. The molecule has 12 N–H and O–H groups in total. The van der Waals surface area contributed by atoms with Gasteiger partial charge in [-0.2, -0.15) is 5.10 Å². The lowest BCUT2D eigenvalue weighted by atomic mass is 9.91. The second-order valence-corrected chi connectivity index (χ2v) is 9.97. The van der Waals surface area contributed by atoms with E-state index in [-0.39, 0.29) is 34.8 Å². The molecule has 1 saturated heterocycles. The first kappa shape index (κ1) is 29.6. The van der Waals surface area contributed by atoms with Gasteiger partial charge in [-0.1, -0.05) is 0 Å². The monoisotopic (exact) mass is 605 g/mol. The number of aromatic nitrogens is 2. The fourth-order valence-corrected chi connectivity index (χ4v) is 5.19.